The van der Waals surface area contributed by atoms with E-state index in [9.17, 15) is 0 Å². The molecule has 1 aliphatic carbocycles. The molecule has 0 aliphatic heterocycles. The fourth-order valence-corrected chi connectivity index (χ4v) is 2.75. The van der Waals surface area contributed by atoms with Crippen molar-refractivity contribution in [3.05, 3.63) is 24.6 Å². The second-order valence-electron chi connectivity index (χ2n) is 5.08. The van der Waals surface area contributed by atoms with Crippen LogP contribution in [0.4, 0.5) is 5.82 Å². The Kier molecular flexibility index (Phi) is 3.19. The van der Waals surface area contributed by atoms with Crippen molar-refractivity contribution in [3.63, 3.8) is 0 Å². The highest BCUT2D eigenvalue weighted by Gasteiger charge is 2.21. The Bertz CT molecular complexity index is 522. The van der Waals surface area contributed by atoms with Crippen molar-refractivity contribution in [2.45, 2.75) is 31.7 Å². The van der Waals surface area contributed by atoms with E-state index in [4.69, 9.17) is 10.2 Å². The van der Waals surface area contributed by atoms with E-state index < -0.39 is 0 Å². The van der Waals surface area contributed by atoms with Gasteiger partial charge >= 0.3 is 0 Å². The van der Waals surface area contributed by atoms with Gasteiger partial charge < -0.3 is 15.5 Å². The first-order chi connectivity index (χ1) is 8.84. The van der Waals surface area contributed by atoms with Crippen molar-refractivity contribution in [1.82, 2.24) is 4.98 Å². The smallest absolute Gasteiger partial charge is 0.139 e. The van der Waals surface area contributed by atoms with Crippen molar-refractivity contribution >= 4 is 16.8 Å². The minimum absolute atomic E-state index is 0.329. The maximum Gasteiger partial charge on any atom is 0.139 e. The topological polar surface area (TPSA) is 64.1 Å². The van der Waals surface area contributed by atoms with E-state index in [1.54, 1.807) is 12.5 Å². The standard InChI is InChI=1S/C14H19N3O/c15-12-4-2-1-3-10(12)9-17-14-11-6-8-18-13(11)5-7-16-14/h5-8,10,12H,1-4,9,15H2,(H,16,17). The summed E-state index contributed by atoms with van der Waals surface area (Å²) < 4.78 is 5.37. The third kappa shape index (κ3) is 2.20. The van der Waals surface area contributed by atoms with Crippen LogP contribution >= 0.6 is 0 Å². The van der Waals surface area contributed by atoms with Crippen LogP contribution in [0, 0.1) is 5.92 Å². The van der Waals surface area contributed by atoms with Crippen LogP contribution < -0.4 is 11.1 Å². The summed E-state index contributed by atoms with van der Waals surface area (Å²) in [4.78, 5) is 4.38. The fourth-order valence-electron chi connectivity index (χ4n) is 2.75. The second kappa shape index (κ2) is 4.98. The third-order valence-corrected chi connectivity index (χ3v) is 3.88. The lowest BCUT2D eigenvalue weighted by Crippen LogP contribution is -2.37. The van der Waals surface area contributed by atoms with Crippen LogP contribution in [0.2, 0.25) is 0 Å². The van der Waals surface area contributed by atoms with E-state index >= 15 is 0 Å². The maximum absolute atomic E-state index is 6.16. The summed E-state index contributed by atoms with van der Waals surface area (Å²) in [6.07, 6.45) is 8.40. The largest absolute Gasteiger partial charge is 0.464 e. The Morgan fingerprint density at radius 1 is 1.33 bits per heavy atom. The van der Waals surface area contributed by atoms with Gasteiger partial charge in [0.05, 0.1) is 11.6 Å². The molecule has 0 amide bonds. The molecule has 2 atom stereocenters. The van der Waals surface area contributed by atoms with Crippen LogP contribution in [0.25, 0.3) is 11.0 Å². The van der Waals surface area contributed by atoms with Crippen LogP contribution in [0.1, 0.15) is 25.7 Å². The number of nitrogens with two attached hydrogens (primary N) is 1. The molecule has 4 nitrogen and oxygen atoms in total. The minimum Gasteiger partial charge on any atom is -0.464 e. The Morgan fingerprint density at radius 2 is 2.22 bits per heavy atom. The molecule has 1 saturated carbocycles. The summed E-state index contributed by atoms with van der Waals surface area (Å²) in [5.74, 6) is 1.46. The lowest BCUT2D eigenvalue weighted by Gasteiger charge is -2.28. The summed E-state index contributed by atoms with van der Waals surface area (Å²) in [5, 5.41) is 4.47. The Labute approximate surface area is 107 Å². The first kappa shape index (κ1) is 11.5. The van der Waals surface area contributed by atoms with Crippen LogP contribution in [-0.4, -0.2) is 17.6 Å². The molecule has 0 bridgehead atoms. The highest BCUT2D eigenvalue weighted by Crippen LogP contribution is 2.25. The molecule has 3 rings (SSSR count). The number of anilines is 1. The van der Waals surface area contributed by atoms with Gasteiger partial charge in [-0.3, -0.25) is 0 Å². The Morgan fingerprint density at radius 3 is 3.11 bits per heavy atom. The lowest BCUT2D eigenvalue weighted by molar-refractivity contribution is 0.321. The zero-order valence-electron chi connectivity index (χ0n) is 10.4. The summed E-state index contributed by atoms with van der Waals surface area (Å²) >= 11 is 0. The summed E-state index contributed by atoms with van der Waals surface area (Å²) in [7, 11) is 0. The van der Waals surface area contributed by atoms with E-state index in [2.05, 4.69) is 10.3 Å². The quantitative estimate of drug-likeness (QED) is 0.872. The van der Waals surface area contributed by atoms with Gasteiger partial charge in [0.25, 0.3) is 0 Å². The van der Waals surface area contributed by atoms with Crippen LogP contribution in [0.3, 0.4) is 0 Å². The highest BCUT2D eigenvalue weighted by molar-refractivity contribution is 5.87. The molecule has 0 aromatic carbocycles. The van der Waals surface area contributed by atoms with Gasteiger partial charge in [-0.05, 0) is 30.9 Å². The average molecular weight is 245 g/mol. The number of fused-ring (bicyclic) bond motifs is 1. The molecule has 18 heavy (non-hydrogen) atoms. The van der Waals surface area contributed by atoms with E-state index in [0.29, 0.717) is 12.0 Å². The van der Waals surface area contributed by atoms with Crippen molar-refractivity contribution < 1.29 is 4.42 Å². The van der Waals surface area contributed by atoms with Crippen LogP contribution in [0.5, 0.6) is 0 Å². The van der Waals surface area contributed by atoms with E-state index in [1.807, 2.05) is 12.1 Å². The SMILES string of the molecule is NC1CCCCC1CNc1nccc2occc12. The van der Waals surface area contributed by atoms with E-state index in [0.717, 1.165) is 29.8 Å². The molecule has 2 unspecified atom stereocenters. The average Bonchev–Trinajstić information content (AvgIpc) is 2.86. The fraction of sp³-hybridized carbons (Fsp3) is 0.500. The highest BCUT2D eigenvalue weighted by atomic mass is 16.3. The van der Waals surface area contributed by atoms with E-state index in [1.165, 1.54) is 19.3 Å². The predicted molar refractivity (Wildman–Crippen MR) is 72.4 cm³/mol. The zero-order chi connectivity index (χ0) is 12.4. The minimum atomic E-state index is 0.329. The monoisotopic (exact) mass is 245 g/mol. The number of nitrogens with one attached hydrogen (secondary N) is 1. The van der Waals surface area contributed by atoms with Gasteiger partial charge in [-0.15, -0.1) is 0 Å². The molecule has 1 fully saturated rings. The molecule has 0 radical (unpaired) electrons. The van der Waals surface area contributed by atoms with Crippen molar-refractivity contribution in [2.24, 2.45) is 11.7 Å². The van der Waals surface area contributed by atoms with Gasteiger partial charge in [0.15, 0.2) is 0 Å². The van der Waals surface area contributed by atoms with E-state index in [-0.39, 0.29) is 0 Å². The Hall–Kier alpha value is -1.55. The van der Waals surface area contributed by atoms with Gasteiger partial charge in [0.2, 0.25) is 0 Å². The van der Waals surface area contributed by atoms with Crippen molar-refractivity contribution in [2.75, 3.05) is 11.9 Å². The van der Waals surface area contributed by atoms with Crippen molar-refractivity contribution in [3.8, 4) is 0 Å². The number of hydrogen-bond acceptors (Lipinski definition) is 4. The number of aromatic nitrogens is 1. The summed E-state index contributed by atoms with van der Waals surface area (Å²) in [5.41, 5.74) is 7.03. The molecule has 0 saturated heterocycles. The van der Waals surface area contributed by atoms with Gasteiger partial charge in [-0.2, -0.15) is 0 Å². The van der Waals surface area contributed by atoms with Crippen LogP contribution in [-0.2, 0) is 0 Å². The molecular weight excluding hydrogens is 226 g/mol. The molecule has 2 aromatic heterocycles. The van der Waals surface area contributed by atoms with Crippen molar-refractivity contribution in [1.29, 1.82) is 0 Å². The maximum atomic E-state index is 6.16. The third-order valence-electron chi connectivity index (χ3n) is 3.88. The molecule has 4 heteroatoms. The second-order valence-corrected chi connectivity index (χ2v) is 5.08. The molecule has 3 N–H and O–H groups in total. The molecule has 2 aromatic rings. The number of hydrogen-bond donors (Lipinski definition) is 2. The first-order valence-electron chi connectivity index (χ1n) is 6.66. The summed E-state index contributed by atoms with van der Waals surface area (Å²) in [6, 6.07) is 4.16. The van der Waals surface area contributed by atoms with Crippen LogP contribution in [0.15, 0.2) is 29.0 Å². The number of furan rings is 1. The number of pyridine rings is 1. The lowest BCUT2D eigenvalue weighted by atomic mass is 9.85. The van der Waals surface area contributed by atoms with Gasteiger partial charge in [0.1, 0.15) is 11.4 Å². The molecule has 2 heterocycles. The molecular formula is C14H19N3O. The normalized spacial score (nSPS) is 24.3. The number of nitrogens with zero attached hydrogens (tertiary/aromatic N) is 1. The predicted octanol–water partition coefficient (Wildman–Crippen LogP) is 2.76. The zero-order valence-corrected chi connectivity index (χ0v) is 10.4. The van der Waals surface area contributed by atoms with Gasteiger partial charge in [-0.25, -0.2) is 4.98 Å². The first-order valence-corrected chi connectivity index (χ1v) is 6.66. The summed E-state index contributed by atoms with van der Waals surface area (Å²) in [6.45, 7) is 0.901. The van der Waals surface area contributed by atoms with Gasteiger partial charge in [0, 0.05) is 18.8 Å². The molecule has 0 spiro atoms. The Balaban J connectivity index is 1.71. The van der Waals surface area contributed by atoms with Gasteiger partial charge in [-0.1, -0.05) is 12.8 Å². The number of rotatable bonds is 3. The molecule has 96 valence electrons. The molecule has 1 aliphatic rings.